The minimum atomic E-state index is -1.14. The Morgan fingerprint density at radius 2 is 1.00 bits per heavy atom. The van der Waals surface area contributed by atoms with E-state index in [0.29, 0.717) is 0 Å². The monoisotopic (exact) mass is 446 g/mol. The summed E-state index contributed by atoms with van der Waals surface area (Å²) in [5, 5.41) is 0. The van der Waals surface area contributed by atoms with Gasteiger partial charge in [-0.2, -0.15) is 0 Å². The average molecular weight is 447 g/mol. The maximum absolute atomic E-state index is 8.19. The van der Waals surface area contributed by atoms with Gasteiger partial charge in [0.15, 0.2) is 9.04 Å². The Kier molecular flexibility index (Phi) is 92.7. The molecular formula is C23H66O3Si2. The van der Waals surface area contributed by atoms with E-state index < -0.39 is 17.1 Å². The lowest BCUT2D eigenvalue weighted by molar-refractivity contribution is 0.144. The molecule has 0 saturated heterocycles. The molecule has 5 heteroatoms. The summed E-state index contributed by atoms with van der Waals surface area (Å²) in [7, 11) is -1.77. The first-order valence-electron chi connectivity index (χ1n) is 10.5. The lowest BCUT2D eigenvalue weighted by Gasteiger charge is -2.09. The van der Waals surface area contributed by atoms with Crippen molar-refractivity contribution in [1.82, 2.24) is 0 Å². The van der Waals surface area contributed by atoms with E-state index in [1.165, 1.54) is 18.9 Å². The van der Waals surface area contributed by atoms with Crippen LogP contribution in [-0.2, 0) is 9.47 Å². The summed E-state index contributed by atoms with van der Waals surface area (Å²) in [5.74, 6) is 0. The molecule has 0 spiro atoms. The van der Waals surface area contributed by atoms with Crippen molar-refractivity contribution in [3.63, 3.8) is 0 Å². The molecule has 0 amide bonds. The van der Waals surface area contributed by atoms with Gasteiger partial charge in [-0.1, -0.05) is 89.0 Å². The minimum Gasteiger partial charge on any atom is -0.435 e. The molecule has 0 unspecified atom stereocenters. The highest BCUT2D eigenvalue weighted by Gasteiger charge is 2.06. The first-order chi connectivity index (χ1) is 11.6. The molecule has 0 aliphatic heterocycles. The van der Waals surface area contributed by atoms with E-state index in [9.17, 15) is 0 Å². The van der Waals surface area contributed by atoms with Crippen molar-refractivity contribution in [2.75, 3.05) is 26.4 Å². The highest BCUT2D eigenvalue weighted by atomic mass is 28.3. The van der Waals surface area contributed by atoms with Crippen molar-refractivity contribution < 1.29 is 14.3 Å². The van der Waals surface area contributed by atoms with Gasteiger partial charge in [0.05, 0.1) is 0 Å². The third-order valence-electron chi connectivity index (χ3n) is 2.46. The first-order valence-corrected chi connectivity index (χ1v) is 17.0. The Labute approximate surface area is 186 Å². The van der Waals surface area contributed by atoms with Gasteiger partial charge in [0.1, 0.15) is 0 Å². The molecule has 0 aliphatic rings. The second-order valence-corrected chi connectivity index (χ2v) is 14.8. The number of hydrogen-bond acceptors (Lipinski definition) is 3. The normalized spacial score (nSPS) is 8.36. The van der Waals surface area contributed by atoms with Gasteiger partial charge in [-0.05, 0) is 39.8 Å². The summed E-state index contributed by atoms with van der Waals surface area (Å²) in [6, 6.07) is 1.41. The molecule has 0 bridgehead atoms. The molecule has 0 aliphatic carbocycles. The molecule has 0 atom stereocenters. The SMILES string of the molecule is C.C.C.CC.CCCCOCC.CCCOCC.CC[Si](C)(C)C.C[SiH](C)O. The van der Waals surface area contributed by atoms with E-state index in [1.807, 2.05) is 40.8 Å². The largest absolute Gasteiger partial charge is 0.435 e. The van der Waals surface area contributed by atoms with Gasteiger partial charge in [0.2, 0.25) is 0 Å². The van der Waals surface area contributed by atoms with Crippen LogP contribution in [0.15, 0.2) is 0 Å². The Morgan fingerprint density at radius 3 is 1.14 bits per heavy atom. The van der Waals surface area contributed by atoms with Crippen LogP contribution in [0.5, 0.6) is 0 Å². The fraction of sp³-hybridized carbons (Fsp3) is 1.00. The van der Waals surface area contributed by atoms with E-state index in [0.717, 1.165) is 32.8 Å². The third kappa shape index (κ3) is 159. The second kappa shape index (κ2) is 50.7. The van der Waals surface area contributed by atoms with E-state index in [4.69, 9.17) is 14.3 Å². The van der Waals surface area contributed by atoms with Crippen molar-refractivity contribution in [3.05, 3.63) is 0 Å². The summed E-state index contributed by atoms with van der Waals surface area (Å²) in [6.07, 6.45) is 3.57. The predicted octanol–water partition coefficient (Wildman–Crippen LogP) is 8.50. The summed E-state index contributed by atoms with van der Waals surface area (Å²) < 4.78 is 10.1. The van der Waals surface area contributed by atoms with Crippen molar-refractivity contribution in [2.24, 2.45) is 0 Å². The lowest BCUT2D eigenvalue weighted by Crippen LogP contribution is -2.16. The highest BCUT2D eigenvalue weighted by molar-refractivity contribution is 6.75. The summed E-state index contributed by atoms with van der Waals surface area (Å²) in [4.78, 5) is 8.19. The number of rotatable bonds is 8. The molecule has 0 radical (unpaired) electrons. The van der Waals surface area contributed by atoms with Gasteiger partial charge in [-0.15, -0.1) is 0 Å². The topological polar surface area (TPSA) is 38.7 Å². The van der Waals surface area contributed by atoms with Crippen LogP contribution in [0, 0.1) is 0 Å². The van der Waals surface area contributed by atoms with Gasteiger partial charge in [0, 0.05) is 34.5 Å². The maximum atomic E-state index is 8.19. The van der Waals surface area contributed by atoms with Crippen molar-refractivity contribution >= 4 is 17.1 Å². The van der Waals surface area contributed by atoms with Gasteiger partial charge < -0.3 is 14.3 Å². The van der Waals surface area contributed by atoms with Crippen molar-refractivity contribution in [2.45, 2.75) is 129 Å². The Hall–Kier alpha value is 0.314. The standard InChI is InChI=1S/C6H14O.C5H12O.C5H14Si.C2H8OSi.C2H6.3CH4/c1-3-5-6-7-4-2;1-3-5-6-4-2;1-5-6(2,3)4;1-4(2)3;1-2;;;/h3-6H2,1-2H3;3-5H2,1-2H3;5H2,1-4H3;3-4H,1-2H3;1-2H3;3*1H4. The van der Waals surface area contributed by atoms with Crippen LogP contribution >= 0.6 is 0 Å². The van der Waals surface area contributed by atoms with Gasteiger partial charge in [-0.3, -0.25) is 0 Å². The van der Waals surface area contributed by atoms with Crippen LogP contribution in [0.4, 0.5) is 0 Å². The molecule has 0 aromatic carbocycles. The smallest absolute Gasteiger partial charge is 0.166 e. The molecule has 1 N–H and O–H groups in total. The van der Waals surface area contributed by atoms with E-state index in [1.54, 1.807) is 0 Å². The quantitative estimate of drug-likeness (QED) is 0.300. The average Bonchev–Trinajstić information content (AvgIpc) is 2.55. The number of ether oxygens (including phenoxy) is 2. The molecule has 0 saturated carbocycles. The molecule has 3 nitrogen and oxygen atoms in total. The van der Waals surface area contributed by atoms with Crippen LogP contribution < -0.4 is 0 Å². The molecule has 0 rings (SSSR count). The zero-order valence-corrected chi connectivity index (χ0v) is 22.2. The molecular weight excluding hydrogens is 380 g/mol. The van der Waals surface area contributed by atoms with Crippen molar-refractivity contribution in [1.29, 1.82) is 0 Å². The number of hydrogen-bond donors (Lipinski definition) is 1. The maximum Gasteiger partial charge on any atom is 0.166 e. The van der Waals surface area contributed by atoms with Gasteiger partial charge in [-0.25, -0.2) is 0 Å². The second-order valence-electron chi connectivity index (χ2n) is 6.76. The minimum absolute atomic E-state index is 0. The summed E-state index contributed by atoms with van der Waals surface area (Å²) in [6.45, 7) is 29.0. The highest BCUT2D eigenvalue weighted by Crippen LogP contribution is 2.04. The van der Waals surface area contributed by atoms with Crippen molar-refractivity contribution in [3.8, 4) is 0 Å². The van der Waals surface area contributed by atoms with E-state index in [2.05, 4.69) is 40.4 Å². The fourth-order valence-electron chi connectivity index (χ4n) is 0.679. The zero-order chi connectivity index (χ0) is 21.1. The van der Waals surface area contributed by atoms with E-state index >= 15 is 0 Å². The summed E-state index contributed by atoms with van der Waals surface area (Å²) in [5.41, 5.74) is 0. The van der Waals surface area contributed by atoms with Crippen LogP contribution in [-0.4, -0.2) is 48.3 Å². The Morgan fingerprint density at radius 1 is 0.714 bits per heavy atom. The van der Waals surface area contributed by atoms with Crippen LogP contribution in [0.3, 0.4) is 0 Å². The molecule has 0 aromatic heterocycles. The third-order valence-corrected chi connectivity index (χ3v) is 4.58. The Bertz CT molecular complexity index is 163. The fourth-order valence-corrected chi connectivity index (χ4v) is 0.679. The van der Waals surface area contributed by atoms with Crippen LogP contribution in [0.2, 0.25) is 38.8 Å². The molecule has 0 aromatic rings. The first kappa shape index (κ1) is 51.2. The summed E-state index contributed by atoms with van der Waals surface area (Å²) >= 11 is 0. The molecule has 0 fully saturated rings. The van der Waals surface area contributed by atoms with Crippen LogP contribution in [0.1, 0.15) is 90.0 Å². The van der Waals surface area contributed by atoms with Gasteiger partial charge in [0.25, 0.3) is 0 Å². The molecule has 28 heavy (non-hydrogen) atoms. The number of unbranched alkanes of at least 4 members (excludes halogenated alkanes) is 1. The lowest BCUT2D eigenvalue weighted by atomic mass is 10.4. The molecule has 0 heterocycles. The predicted molar refractivity (Wildman–Crippen MR) is 145 cm³/mol. The zero-order valence-electron chi connectivity index (χ0n) is 20.0. The van der Waals surface area contributed by atoms with Crippen LogP contribution in [0.25, 0.3) is 0 Å². The van der Waals surface area contributed by atoms with Gasteiger partial charge >= 0.3 is 0 Å². The Balaban J connectivity index is -0.0000000301. The van der Waals surface area contributed by atoms with E-state index in [-0.39, 0.29) is 22.3 Å². The molecule has 184 valence electrons.